The average molecular weight is 491 g/mol. The number of nitrogens with one attached hydrogen (secondary N) is 3. The van der Waals surface area contributed by atoms with Gasteiger partial charge in [0.1, 0.15) is 17.3 Å². The Bertz CT molecular complexity index is 1440. The maximum atomic E-state index is 14.7. The molecule has 6 rings (SSSR count). The van der Waals surface area contributed by atoms with Crippen LogP contribution in [0.5, 0.6) is 0 Å². The molecule has 4 heterocycles. The number of urea groups is 1. The summed E-state index contributed by atoms with van der Waals surface area (Å²) in [6.07, 6.45) is 5.10. The summed E-state index contributed by atoms with van der Waals surface area (Å²) < 4.78 is 21.6. The number of anilines is 1. The molecule has 2 saturated heterocycles. The highest BCUT2D eigenvalue weighted by atomic mass is 19.1. The van der Waals surface area contributed by atoms with Crippen molar-refractivity contribution in [3.8, 4) is 11.3 Å². The number of carbonyl (C=O) groups excluding carboxylic acids is 3. The monoisotopic (exact) mass is 491 g/mol. The van der Waals surface area contributed by atoms with Crippen LogP contribution in [0.3, 0.4) is 0 Å². The molecule has 4 amide bonds. The number of rotatable bonds is 5. The number of fused-ring (bicyclic) bond motifs is 1. The molecule has 36 heavy (non-hydrogen) atoms. The van der Waals surface area contributed by atoms with Gasteiger partial charge in [-0.2, -0.15) is 9.61 Å². The van der Waals surface area contributed by atoms with E-state index in [0.717, 1.165) is 12.8 Å². The van der Waals surface area contributed by atoms with E-state index >= 15 is 0 Å². The Hall–Kier alpha value is -4.32. The molecule has 0 spiro atoms. The maximum absolute atomic E-state index is 14.7. The number of carbonyl (C=O) groups is 3. The average Bonchev–Trinajstić information content (AvgIpc) is 3.52. The molecular weight excluding hydrogens is 469 g/mol. The van der Waals surface area contributed by atoms with E-state index in [0.29, 0.717) is 60.6 Å². The first-order chi connectivity index (χ1) is 17.5. The van der Waals surface area contributed by atoms with Crippen LogP contribution >= 0.6 is 0 Å². The molecule has 2 aromatic heterocycles. The molecule has 1 aromatic carbocycles. The SMILES string of the molecule is O=C1NC(=O)/C(=C\c2cnn3c(NC4CC4)cc(-c4ccc(F)c(C(=O)N5CCOCC5)c4)nc23)N1. The minimum Gasteiger partial charge on any atom is -0.378 e. The molecule has 0 unspecified atom stereocenters. The normalized spacial score (nSPS) is 19.0. The van der Waals surface area contributed by atoms with Crippen LogP contribution in [-0.4, -0.2) is 69.7 Å². The minimum absolute atomic E-state index is 0.0334. The van der Waals surface area contributed by atoms with Crippen LogP contribution in [0.15, 0.2) is 36.2 Å². The van der Waals surface area contributed by atoms with Crippen molar-refractivity contribution in [1.29, 1.82) is 0 Å². The summed E-state index contributed by atoms with van der Waals surface area (Å²) in [5, 5.41) is 12.4. The summed E-state index contributed by atoms with van der Waals surface area (Å²) in [6, 6.07) is 5.85. The summed E-state index contributed by atoms with van der Waals surface area (Å²) in [4.78, 5) is 42.8. The second-order valence-corrected chi connectivity index (χ2v) is 8.85. The Balaban J connectivity index is 1.43. The number of imide groups is 1. The Morgan fingerprint density at radius 2 is 1.97 bits per heavy atom. The minimum atomic E-state index is -0.606. The molecular formula is C24H22FN7O4. The van der Waals surface area contributed by atoms with E-state index in [1.165, 1.54) is 18.2 Å². The number of amides is 4. The van der Waals surface area contributed by atoms with Gasteiger partial charge >= 0.3 is 6.03 Å². The van der Waals surface area contributed by atoms with Crippen molar-refractivity contribution < 1.29 is 23.5 Å². The largest absolute Gasteiger partial charge is 0.378 e. The molecule has 11 nitrogen and oxygen atoms in total. The molecule has 0 radical (unpaired) electrons. The quantitative estimate of drug-likeness (QED) is 0.366. The molecule has 3 aliphatic rings. The highest BCUT2D eigenvalue weighted by molar-refractivity contribution is 6.14. The third kappa shape index (κ3) is 4.15. The van der Waals surface area contributed by atoms with Gasteiger partial charge in [0.15, 0.2) is 5.65 Å². The number of nitrogens with zero attached hydrogens (tertiary/aromatic N) is 4. The Morgan fingerprint density at radius 3 is 2.69 bits per heavy atom. The molecule has 12 heteroatoms. The van der Waals surface area contributed by atoms with Crippen molar-refractivity contribution in [3.63, 3.8) is 0 Å². The van der Waals surface area contributed by atoms with Gasteiger partial charge in [-0.1, -0.05) is 0 Å². The van der Waals surface area contributed by atoms with Crippen LogP contribution in [0.25, 0.3) is 23.0 Å². The summed E-state index contributed by atoms with van der Waals surface area (Å²) in [5.74, 6) is -0.873. The maximum Gasteiger partial charge on any atom is 0.326 e. The van der Waals surface area contributed by atoms with E-state index in [9.17, 15) is 18.8 Å². The first-order valence-corrected chi connectivity index (χ1v) is 11.6. The third-order valence-corrected chi connectivity index (χ3v) is 6.24. The van der Waals surface area contributed by atoms with Crippen LogP contribution in [0.1, 0.15) is 28.8 Å². The number of ether oxygens (including phenoxy) is 1. The summed E-state index contributed by atoms with van der Waals surface area (Å²) in [5.41, 5.74) is 2.05. The molecule has 1 saturated carbocycles. The smallest absolute Gasteiger partial charge is 0.326 e. The molecule has 2 aliphatic heterocycles. The van der Waals surface area contributed by atoms with E-state index in [-0.39, 0.29) is 11.3 Å². The fraction of sp³-hybridized carbons (Fsp3) is 0.292. The lowest BCUT2D eigenvalue weighted by molar-refractivity contribution is -0.115. The van der Waals surface area contributed by atoms with Crippen molar-refractivity contribution in [2.24, 2.45) is 0 Å². The number of aromatic nitrogens is 3. The predicted molar refractivity (Wildman–Crippen MR) is 126 cm³/mol. The van der Waals surface area contributed by atoms with Gasteiger partial charge in [-0.15, -0.1) is 0 Å². The Kier molecular flexibility index (Phi) is 5.37. The van der Waals surface area contributed by atoms with E-state index < -0.39 is 23.7 Å². The Morgan fingerprint density at radius 1 is 1.17 bits per heavy atom. The highest BCUT2D eigenvalue weighted by Gasteiger charge is 2.26. The van der Waals surface area contributed by atoms with Crippen LogP contribution in [-0.2, 0) is 9.53 Å². The molecule has 3 fully saturated rings. The van der Waals surface area contributed by atoms with Gasteiger partial charge in [-0.25, -0.2) is 14.2 Å². The molecule has 184 valence electrons. The van der Waals surface area contributed by atoms with Crippen molar-refractivity contribution >= 4 is 35.4 Å². The van der Waals surface area contributed by atoms with Crippen LogP contribution in [0.4, 0.5) is 15.0 Å². The van der Waals surface area contributed by atoms with Gasteiger partial charge in [0.05, 0.1) is 30.7 Å². The van der Waals surface area contributed by atoms with E-state index in [1.807, 2.05) is 0 Å². The molecule has 0 atom stereocenters. The van der Waals surface area contributed by atoms with Crippen molar-refractivity contribution in [1.82, 2.24) is 30.1 Å². The number of morpholine rings is 1. The van der Waals surface area contributed by atoms with Gasteiger partial charge in [0.2, 0.25) is 0 Å². The van der Waals surface area contributed by atoms with Crippen LogP contribution in [0.2, 0.25) is 0 Å². The van der Waals surface area contributed by atoms with E-state index in [4.69, 9.17) is 9.72 Å². The van der Waals surface area contributed by atoms with Gasteiger partial charge in [0, 0.05) is 36.3 Å². The molecule has 3 N–H and O–H groups in total. The van der Waals surface area contributed by atoms with Crippen LogP contribution < -0.4 is 16.0 Å². The van der Waals surface area contributed by atoms with Crippen molar-refractivity contribution in [2.45, 2.75) is 18.9 Å². The lowest BCUT2D eigenvalue weighted by Gasteiger charge is -2.27. The van der Waals surface area contributed by atoms with Crippen molar-refractivity contribution in [3.05, 3.63) is 53.1 Å². The zero-order valence-electron chi connectivity index (χ0n) is 19.1. The van der Waals surface area contributed by atoms with Gasteiger partial charge in [0.25, 0.3) is 11.8 Å². The summed E-state index contributed by atoms with van der Waals surface area (Å²) >= 11 is 0. The molecule has 0 bridgehead atoms. The second-order valence-electron chi connectivity index (χ2n) is 8.85. The van der Waals surface area contributed by atoms with Gasteiger partial charge in [-0.3, -0.25) is 14.9 Å². The number of hydrogen-bond acceptors (Lipinski definition) is 7. The number of halogens is 1. The first kappa shape index (κ1) is 22.2. The highest BCUT2D eigenvalue weighted by Crippen LogP contribution is 2.30. The predicted octanol–water partition coefficient (Wildman–Crippen LogP) is 1.76. The zero-order chi connectivity index (χ0) is 24.8. The summed E-state index contributed by atoms with van der Waals surface area (Å²) in [7, 11) is 0. The number of hydrogen-bond donors (Lipinski definition) is 3. The molecule has 3 aromatic rings. The Labute approximate surface area is 204 Å². The first-order valence-electron chi connectivity index (χ1n) is 11.6. The standard InChI is InChI=1S/C24H22FN7O4/c25-17-4-1-13(9-16(17)23(34)31-5-7-36-8-6-31)18-11-20(27-15-2-3-15)32-21(28-18)14(12-26-32)10-19-22(33)30-24(35)29-19/h1,4,9-12,15,27H,2-3,5-8H2,(H2,29,30,33,35)/b19-10+. The topological polar surface area (TPSA) is 130 Å². The van der Waals surface area contributed by atoms with Gasteiger partial charge < -0.3 is 20.3 Å². The fourth-order valence-corrected chi connectivity index (χ4v) is 4.19. The lowest BCUT2D eigenvalue weighted by atomic mass is 10.1. The van der Waals surface area contributed by atoms with Crippen molar-refractivity contribution in [2.75, 3.05) is 31.6 Å². The van der Waals surface area contributed by atoms with Crippen LogP contribution in [0, 0.1) is 5.82 Å². The zero-order valence-corrected chi connectivity index (χ0v) is 19.1. The second kappa shape index (κ2) is 8.72. The van der Waals surface area contributed by atoms with E-state index in [2.05, 4.69) is 21.0 Å². The molecule has 1 aliphatic carbocycles. The lowest BCUT2D eigenvalue weighted by Crippen LogP contribution is -2.41. The fourth-order valence-electron chi connectivity index (χ4n) is 4.19. The van der Waals surface area contributed by atoms with Gasteiger partial charge in [-0.05, 0) is 37.1 Å². The number of benzene rings is 1. The third-order valence-electron chi connectivity index (χ3n) is 6.24. The van der Waals surface area contributed by atoms with E-state index in [1.54, 1.807) is 27.7 Å². The summed E-state index contributed by atoms with van der Waals surface area (Å²) in [6.45, 7) is 1.64.